The Morgan fingerprint density at radius 2 is 1.82 bits per heavy atom. The number of fused-ring (bicyclic) bond motifs is 1. The molecule has 1 N–H and O–H groups in total. The van der Waals surface area contributed by atoms with E-state index in [1.165, 1.54) is 0 Å². The highest BCUT2D eigenvalue weighted by molar-refractivity contribution is 6.05. The van der Waals surface area contributed by atoms with Crippen molar-refractivity contribution in [1.29, 1.82) is 0 Å². The number of hydrogen-bond donors (Lipinski definition) is 1. The van der Waals surface area contributed by atoms with Crippen LogP contribution in [0.1, 0.15) is 23.7 Å². The first kappa shape index (κ1) is 17.7. The molecule has 6 heteroatoms. The number of aryl methyl sites for hydroxylation is 1. The van der Waals surface area contributed by atoms with Gasteiger partial charge in [-0.05, 0) is 42.8 Å². The molecular weight excluding hydrogens is 352 g/mol. The molecular formula is C22H20N4O2. The largest absolute Gasteiger partial charge is 0.438 e. The summed E-state index contributed by atoms with van der Waals surface area (Å²) in [5.41, 5.74) is 2.19. The lowest BCUT2D eigenvalue weighted by Crippen LogP contribution is -2.17. The molecule has 0 aliphatic carbocycles. The molecule has 0 spiro atoms. The molecule has 0 unspecified atom stereocenters. The van der Waals surface area contributed by atoms with Gasteiger partial charge < -0.3 is 9.30 Å². The number of carbonyl (C=O) groups excluding carboxylic acids is 1. The summed E-state index contributed by atoms with van der Waals surface area (Å²) in [6.07, 6.45) is 2.53. The molecule has 0 bridgehead atoms. The van der Waals surface area contributed by atoms with Crippen molar-refractivity contribution in [3.05, 3.63) is 78.5 Å². The van der Waals surface area contributed by atoms with Gasteiger partial charge in [0.15, 0.2) is 0 Å². The van der Waals surface area contributed by atoms with Crippen LogP contribution in [0.5, 0.6) is 11.6 Å². The fourth-order valence-corrected chi connectivity index (χ4v) is 3.03. The van der Waals surface area contributed by atoms with Crippen LogP contribution in [-0.2, 0) is 6.54 Å². The number of aromatic nitrogens is 3. The van der Waals surface area contributed by atoms with E-state index in [1.807, 2.05) is 59.2 Å². The summed E-state index contributed by atoms with van der Waals surface area (Å²) in [5, 5.41) is 2.92. The minimum absolute atomic E-state index is 0.254. The monoisotopic (exact) mass is 372 g/mol. The second-order valence-electron chi connectivity index (χ2n) is 6.30. The smallest absolute Gasteiger partial charge is 0.263 e. The summed E-state index contributed by atoms with van der Waals surface area (Å²) >= 11 is 0. The number of ether oxygens (including phenoxy) is 1. The summed E-state index contributed by atoms with van der Waals surface area (Å²) in [6, 6.07) is 20.5. The van der Waals surface area contributed by atoms with Crippen molar-refractivity contribution in [2.75, 3.05) is 5.32 Å². The third kappa shape index (κ3) is 3.57. The standard InChI is InChI=1S/C22H20N4O2/c1-2-15-26-19-13-7-6-12-18(19)24-22(26)25-20(27)17-11-8-14-23-21(17)28-16-9-4-3-5-10-16/h3-14H,2,15H2,1H3,(H,24,25,27). The lowest BCUT2D eigenvalue weighted by atomic mass is 10.2. The molecule has 0 atom stereocenters. The molecule has 0 aliphatic heterocycles. The van der Waals surface area contributed by atoms with E-state index in [1.54, 1.807) is 18.3 Å². The molecule has 140 valence electrons. The highest BCUT2D eigenvalue weighted by Gasteiger charge is 2.18. The Kier molecular flexibility index (Phi) is 5.01. The zero-order valence-electron chi connectivity index (χ0n) is 15.5. The van der Waals surface area contributed by atoms with E-state index in [9.17, 15) is 4.79 Å². The summed E-state index contributed by atoms with van der Waals surface area (Å²) in [7, 11) is 0. The Morgan fingerprint density at radius 3 is 2.64 bits per heavy atom. The average molecular weight is 372 g/mol. The van der Waals surface area contributed by atoms with E-state index >= 15 is 0 Å². The average Bonchev–Trinajstić information content (AvgIpc) is 3.06. The first-order chi connectivity index (χ1) is 13.8. The number of anilines is 1. The molecule has 0 saturated heterocycles. The minimum atomic E-state index is -0.313. The third-order valence-corrected chi connectivity index (χ3v) is 4.30. The van der Waals surface area contributed by atoms with Crippen LogP contribution in [-0.4, -0.2) is 20.4 Å². The predicted octanol–water partition coefficient (Wildman–Crippen LogP) is 4.89. The summed E-state index contributed by atoms with van der Waals surface area (Å²) in [4.78, 5) is 21.8. The van der Waals surface area contributed by atoms with E-state index in [0.29, 0.717) is 17.3 Å². The van der Waals surface area contributed by atoms with Crippen LogP contribution >= 0.6 is 0 Å². The zero-order chi connectivity index (χ0) is 19.3. The van der Waals surface area contributed by atoms with Crippen LogP contribution < -0.4 is 10.1 Å². The number of imidazole rings is 1. The van der Waals surface area contributed by atoms with Crippen LogP contribution in [0.15, 0.2) is 72.9 Å². The third-order valence-electron chi connectivity index (χ3n) is 4.30. The van der Waals surface area contributed by atoms with Crippen molar-refractivity contribution < 1.29 is 9.53 Å². The number of pyridine rings is 1. The van der Waals surface area contributed by atoms with E-state index in [0.717, 1.165) is 24.0 Å². The van der Waals surface area contributed by atoms with E-state index in [-0.39, 0.29) is 11.8 Å². The number of nitrogens with one attached hydrogen (secondary N) is 1. The Morgan fingerprint density at radius 1 is 1.04 bits per heavy atom. The van der Waals surface area contributed by atoms with Crippen molar-refractivity contribution in [2.24, 2.45) is 0 Å². The Labute approximate surface area is 162 Å². The van der Waals surface area contributed by atoms with Crippen molar-refractivity contribution in [2.45, 2.75) is 19.9 Å². The second kappa shape index (κ2) is 7.92. The quantitative estimate of drug-likeness (QED) is 0.523. The number of nitrogens with zero attached hydrogens (tertiary/aromatic N) is 3. The van der Waals surface area contributed by atoms with Crippen molar-refractivity contribution in [3.63, 3.8) is 0 Å². The normalized spacial score (nSPS) is 10.8. The fourth-order valence-electron chi connectivity index (χ4n) is 3.03. The Balaban J connectivity index is 1.65. The van der Waals surface area contributed by atoms with Crippen LogP contribution in [0.4, 0.5) is 5.95 Å². The maximum atomic E-state index is 13.0. The maximum Gasteiger partial charge on any atom is 0.263 e. The van der Waals surface area contributed by atoms with Crippen molar-refractivity contribution in [1.82, 2.24) is 14.5 Å². The Hall–Kier alpha value is -3.67. The molecule has 0 fully saturated rings. The predicted molar refractivity (Wildman–Crippen MR) is 109 cm³/mol. The van der Waals surface area contributed by atoms with Gasteiger partial charge in [-0.15, -0.1) is 0 Å². The van der Waals surface area contributed by atoms with E-state index in [4.69, 9.17) is 4.74 Å². The first-order valence-corrected chi connectivity index (χ1v) is 9.21. The highest BCUT2D eigenvalue weighted by atomic mass is 16.5. The number of carbonyl (C=O) groups is 1. The lowest BCUT2D eigenvalue weighted by molar-refractivity contribution is 0.102. The number of amides is 1. The molecule has 1 amide bonds. The van der Waals surface area contributed by atoms with Crippen molar-refractivity contribution in [3.8, 4) is 11.6 Å². The van der Waals surface area contributed by atoms with Crippen LogP contribution in [0.2, 0.25) is 0 Å². The van der Waals surface area contributed by atoms with Crippen LogP contribution in [0, 0.1) is 0 Å². The van der Waals surface area contributed by atoms with Crippen LogP contribution in [0.25, 0.3) is 11.0 Å². The molecule has 4 aromatic rings. The maximum absolute atomic E-state index is 13.0. The minimum Gasteiger partial charge on any atom is -0.438 e. The number of benzene rings is 2. The van der Waals surface area contributed by atoms with Gasteiger partial charge in [0.25, 0.3) is 5.91 Å². The Bertz CT molecular complexity index is 1110. The van der Waals surface area contributed by atoms with Gasteiger partial charge in [0.1, 0.15) is 11.3 Å². The van der Waals surface area contributed by atoms with Gasteiger partial charge in [0, 0.05) is 12.7 Å². The van der Waals surface area contributed by atoms with Gasteiger partial charge in [-0.25, -0.2) is 9.97 Å². The van der Waals surface area contributed by atoms with E-state index < -0.39 is 0 Å². The van der Waals surface area contributed by atoms with Crippen LogP contribution in [0.3, 0.4) is 0 Å². The SMILES string of the molecule is CCCn1c(NC(=O)c2cccnc2Oc2ccccc2)nc2ccccc21. The molecule has 6 nitrogen and oxygen atoms in total. The van der Waals surface area contributed by atoms with E-state index in [2.05, 4.69) is 22.2 Å². The second-order valence-corrected chi connectivity index (χ2v) is 6.30. The highest BCUT2D eigenvalue weighted by Crippen LogP contribution is 2.25. The summed E-state index contributed by atoms with van der Waals surface area (Å²) in [6.45, 7) is 2.85. The van der Waals surface area contributed by atoms with Gasteiger partial charge in [-0.3, -0.25) is 10.1 Å². The van der Waals surface area contributed by atoms with Gasteiger partial charge in [-0.2, -0.15) is 0 Å². The fraction of sp³-hybridized carbons (Fsp3) is 0.136. The molecule has 0 aliphatic rings. The lowest BCUT2D eigenvalue weighted by Gasteiger charge is -2.11. The number of para-hydroxylation sites is 3. The van der Waals surface area contributed by atoms with Gasteiger partial charge >= 0.3 is 0 Å². The topological polar surface area (TPSA) is 69.0 Å². The first-order valence-electron chi connectivity index (χ1n) is 9.21. The van der Waals surface area contributed by atoms with Gasteiger partial charge in [0.05, 0.1) is 11.0 Å². The molecule has 2 aromatic carbocycles. The number of hydrogen-bond acceptors (Lipinski definition) is 4. The molecule has 28 heavy (non-hydrogen) atoms. The molecule has 0 saturated carbocycles. The molecule has 2 heterocycles. The number of rotatable bonds is 6. The van der Waals surface area contributed by atoms with Gasteiger partial charge in [-0.1, -0.05) is 37.3 Å². The zero-order valence-corrected chi connectivity index (χ0v) is 15.5. The van der Waals surface area contributed by atoms with Gasteiger partial charge in [0.2, 0.25) is 11.8 Å². The molecule has 0 radical (unpaired) electrons. The molecule has 2 aromatic heterocycles. The summed E-state index contributed by atoms with van der Waals surface area (Å²) < 4.78 is 7.82. The summed E-state index contributed by atoms with van der Waals surface area (Å²) in [5.74, 6) is 1.08. The van der Waals surface area contributed by atoms with Crippen molar-refractivity contribution >= 4 is 22.9 Å². The molecule has 4 rings (SSSR count).